The second kappa shape index (κ2) is 10.0. The first-order valence-corrected chi connectivity index (χ1v) is 14.3. The number of hydrogen-bond acceptors (Lipinski definition) is 5. The highest BCUT2D eigenvalue weighted by atomic mass is 127. The van der Waals surface area contributed by atoms with Crippen LogP contribution in [0.5, 0.6) is 11.5 Å². The predicted molar refractivity (Wildman–Crippen MR) is 155 cm³/mol. The van der Waals surface area contributed by atoms with Crippen molar-refractivity contribution in [2.75, 3.05) is 18.6 Å². The van der Waals surface area contributed by atoms with E-state index >= 15 is 0 Å². The van der Waals surface area contributed by atoms with Crippen LogP contribution in [-0.2, 0) is 15.0 Å². The Bertz CT molecular complexity index is 1400. The molecule has 5 aliphatic rings. The summed E-state index contributed by atoms with van der Waals surface area (Å²) in [6.07, 6.45) is 14.6. The van der Waals surface area contributed by atoms with Gasteiger partial charge in [-0.25, -0.2) is 9.69 Å². The topological polar surface area (TPSA) is 84.9 Å². The minimum absolute atomic E-state index is 0.0758. The number of anilines is 1. The van der Waals surface area contributed by atoms with Crippen LogP contribution >= 0.6 is 22.6 Å². The number of imide groups is 2. The first kappa shape index (κ1) is 25.9. The van der Waals surface area contributed by atoms with Gasteiger partial charge in [0.05, 0.1) is 16.4 Å². The van der Waals surface area contributed by atoms with Crippen LogP contribution in [0.25, 0.3) is 6.08 Å². The summed E-state index contributed by atoms with van der Waals surface area (Å²) < 4.78 is 11.7. The number of barbiturate groups is 1. The van der Waals surface area contributed by atoms with E-state index in [9.17, 15) is 14.4 Å². The van der Waals surface area contributed by atoms with E-state index in [1.165, 1.54) is 57.3 Å². The van der Waals surface area contributed by atoms with Crippen LogP contribution in [0.4, 0.5) is 10.5 Å². The van der Waals surface area contributed by atoms with Crippen LogP contribution in [0.1, 0.15) is 49.7 Å². The van der Waals surface area contributed by atoms with Crippen LogP contribution in [0.2, 0.25) is 0 Å². The normalized spacial score (nSPS) is 28.4. The van der Waals surface area contributed by atoms with Gasteiger partial charge in [0.1, 0.15) is 12.2 Å². The maximum Gasteiger partial charge on any atom is 0.335 e. The van der Waals surface area contributed by atoms with Gasteiger partial charge in [0.15, 0.2) is 11.5 Å². The van der Waals surface area contributed by atoms with Gasteiger partial charge in [0.25, 0.3) is 11.8 Å². The molecule has 200 valence electrons. The van der Waals surface area contributed by atoms with E-state index in [-0.39, 0.29) is 17.6 Å². The van der Waals surface area contributed by atoms with Crippen LogP contribution in [-0.4, -0.2) is 31.6 Å². The van der Waals surface area contributed by atoms with Gasteiger partial charge in [-0.15, -0.1) is 6.42 Å². The molecule has 2 aromatic rings. The van der Waals surface area contributed by atoms with Crippen LogP contribution in [0.15, 0.2) is 42.0 Å². The number of amides is 4. The van der Waals surface area contributed by atoms with Gasteiger partial charge in [0, 0.05) is 0 Å². The number of benzene rings is 2. The molecule has 7 rings (SSSR count). The van der Waals surface area contributed by atoms with E-state index in [1.54, 1.807) is 12.1 Å². The number of hydrogen-bond donors (Lipinski definition) is 1. The van der Waals surface area contributed by atoms with Gasteiger partial charge in [-0.3, -0.25) is 14.9 Å². The summed E-state index contributed by atoms with van der Waals surface area (Å²) in [6, 6.07) is 10.5. The van der Waals surface area contributed by atoms with Crippen molar-refractivity contribution in [2.45, 2.75) is 43.9 Å². The third kappa shape index (κ3) is 4.61. The van der Waals surface area contributed by atoms with Gasteiger partial charge < -0.3 is 9.47 Å². The van der Waals surface area contributed by atoms with Crippen molar-refractivity contribution < 1.29 is 23.9 Å². The van der Waals surface area contributed by atoms with Crippen molar-refractivity contribution >= 4 is 52.2 Å². The highest BCUT2D eigenvalue weighted by Crippen LogP contribution is 2.60. The summed E-state index contributed by atoms with van der Waals surface area (Å²) in [4.78, 5) is 40.1. The molecular formula is C31H29IN2O5. The second-order valence-corrected chi connectivity index (χ2v) is 12.4. The Morgan fingerprint density at radius 3 is 2.31 bits per heavy atom. The summed E-state index contributed by atoms with van der Waals surface area (Å²) in [7, 11) is 1.50. The summed E-state index contributed by atoms with van der Waals surface area (Å²) >= 11 is 2.08. The standard InChI is InChI=1S/C31H29IN2O5/c1-3-8-39-27-25(32)13-18(14-26(27)38-2)12-24-28(35)33-30(37)34(29(24)36)23-6-4-22(5-7-23)31-15-19-9-20(16-31)11-21(10-19)17-31/h1,4-7,12-14,19-21H,8-11,15-17H2,2H3,(H,33,35,37)/b24-12+. The third-order valence-corrected chi connectivity index (χ3v) is 9.54. The smallest absolute Gasteiger partial charge is 0.335 e. The number of rotatable bonds is 6. The fourth-order valence-electron chi connectivity index (χ4n) is 7.56. The first-order chi connectivity index (χ1) is 18.8. The van der Waals surface area contributed by atoms with Crippen molar-refractivity contribution in [3.63, 3.8) is 0 Å². The molecule has 4 bridgehead atoms. The largest absolute Gasteiger partial charge is 0.493 e. The number of urea groups is 1. The molecule has 0 spiro atoms. The molecule has 5 fully saturated rings. The summed E-state index contributed by atoms with van der Waals surface area (Å²) in [5.41, 5.74) is 2.36. The lowest BCUT2D eigenvalue weighted by Gasteiger charge is -2.57. The third-order valence-electron chi connectivity index (χ3n) is 8.74. The van der Waals surface area contributed by atoms with Gasteiger partial charge in [-0.2, -0.15) is 0 Å². The Labute approximate surface area is 241 Å². The minimum Gasteiger partial charge on any atom is -0.493 e. The SMILES string of the molecule is C#CCOc1c(I)cc(/C=C2\C(=O)NC(=O)N(c3ccc(C45CC6CC(CC(C6)C4)C5)cc3)C2=O)cc1OC. The average Bonchev–Trinajstić information content (AvgIpc) is 2.89. The molecule has 2 aromatic carbocycles. The number of methoxy groups -OCH3 is 1. The van der Waals surface area contributed by atoms with E-state index in [0.29, 0.717) is 26.3 Å². The Morgan fingerprint density at radius 1 is 1.08 bits per heavy atom. The monoisotopic (exact) mass is 636 g/mol. The number of carbonyl (C=O) groups is 3. The zero-order chi connectivity index (χ0) is 27.3. The van der Waals surface area contributed by atoms with E-state index < -0.39 is 17.8 Å². The maximum absolute atomic E-state index is 13.5. The molecule has 1 saturated heterocycles. The van der Waals surface area contributed by atoms with Crippen LogP contribution in [0, 0.1) is 33.7 Å². The van der Waals surface area contributed by atoms with Gasteiger partial charge >= 0.3 is 6.03 Å². The fourth-order valence-corrected chi connectivity index (χ4v) is 8.34. The zero-order valence-corrected chi connectivity index (χ0v) is 23.8. The molecule has 1 N–H and O–H groups in total. The maximum atomic E-state index is 13.5. The number of carbonyl (C=O) groups excluding carboxylic acids is 3. The molecule has 4 aliphatic carbocycles. The second-order valence-electron chi connectivity index (χ2n) is 11.2. The number of halogens is 1. The first-order valence-electron chi connectivity index (χ1n) is 13.3. The highest BCUT2D eigenvalue weighted by molar-refractivity contribution is 14.1. The molecule has 0 aromatic heterocycles. The Hall–Kier alpha value is -3.32. The summed E-state index contributed by atoms with van der Waals surface area (Å²) in [5.74, 6) is 4.37. The molecule has 1 aliphatic heterocycles. The van der Waals surface area contributed by atoms with E-state index in [0.717, 1.165) is 22.7 Å². The minimum atomic E-state index is -0.755. The van der Waals surface area contributed by atoms with Gasteiger partial charge in [0.2, 0.25) is 0 Å². The highest BCUT2D eigenvalue weighted by Gasteiger charge is 2.51. The lowest BCUT2D eigenvalue weighted by Crippen LogP contribution is -2.54. The number of ether oxygens (including phenoxy) is 2. The fraction of sp³-hybridized carbons (Fsp3) is 0.387. The summed E-state index contributed by atoms with van der Waals surface area (Å²) in [5, 5.41) is 2.31. The van der Waals surface area contributed by atoms with E-state index in [4.69, 9.17) is 15.9 Å². The Kier molecular flexibility index (Phi) is 6.66. The summed E-state index contributed by atoms with van der Waals surface area (Å²) in [6.45, 7) is 0.0758. The quantitative estimate of drug-likeness (QED) is 0.198. The van der Waals surface area contributed by atoms with E-state index in [2.05, 4.69) is 46.0 Å². The van der Waals surface area contributed by atoms with Crippen molar-refractivity contribution in [3.8, 4) is 23.8 Å². The Balaban J connectivity index is 1.28. The van der Waals surface area contributed by atoms with Gasteiger partial charge in [-0.05, 0) is 126 Å². The molecule has 4 saturated carbocycles. The molecule has 0 atom stereocenters. The predicted octanol–water partition coefficient (Wildman–Crippen LogP) is 5.45. The average molecular weight is 636 g/mol. The van der Waals surface area contributed by atoms with E-state index in [1.807, 2.05) is 12.1 Å². The lowest BCUT2D eigenvalue weighted by molar-refractivity contribution is -0.122. The molecule has 8 heteroatoms. The van der Waals surface area contributed by atoms with Crippen molar-refractivity contribution in [1.29, 1.82) is 0 Å². The molecule has 7 nitrogen and oxygen atoms in total. The molecule has 1 heterocycles. The Morgan fingerprint density at radius 2 is 1.72 bits per heavy atom. The molecular weight excluding hydrogens is 607 g/mol. The number of terminal acetylenes is 1. The number of nitrogens with zero attached hydrogens (tertiary/aromatic N) is 1. The van der Waals surface area contributed by atoms with Crippen LogP contribution < -0.4 is 19.7 Å². The molecule has 4 amide bonds. The van der Waals surface area contributed by atoms with Gasteiger partial charge in [-0.1, -0.05) is 18.1 Å². The van der Waals surface area contributed by atoms with Crippen molar-refractivity contribution in [1.82, 2.24) is 5.32 Å². The van der Waals surface area contributed by atoms with Crippen LogP contribution in [0.3, 0.4) is 0 Å². The van der Waals surface area contributed by atoms with Crippen molar-refractivity contribution in [2.24, 2.45) is 17.8 Å². The molecule has 0 unspecified atom stereocenters. The van der Waals surface area contributed by atoms with Crippen molar-refractivity contribution in [3.05, 3.63) is 56.7 Å². The lowest BCUT2D eigenvalue weighted by atomic mass is 9.48. The zero-order valence-electron chi connectivity index (χ0n) is 21.7. The number of nitrogens with one attached hydrogen (secondary N) is 1. The molecule has 39 heavy (non-hydrogen) atoms. The molecule has 0 radical (unpaired) electrons.